The zero-order valence-electron chi connectivity index (χ0n) is 9.49. The molecule has 1 rings (SSSR count). The molecule has 2 nitrogen and oxygen atoms in total. The third-order valence-electron chi connectivity index (χ3n) is 2.13. The van der Waals surface area contributed by atoms with Gasteiger partial charge in [0.2, 0.25) is 0 Å². The van der Waals surface area contributed by atoms with Gasteiger partial charge in [-0.25, -0.2) is 0 Å². The van der Waals surface area contributed by atoms with E-state index in [-0.39, 0.29) is 18.5 Å². The fraction of sp³-hybridized carbons (Fsp3) is 0.364. The van der Waals surface area contributed by atoms with Gasteiger partial charge in [0, 0.05) is 27.9 Å². The Morgan fingerprint density at radius 1 is 0.944 bits per heavy atom. The van der Waals surface area contributed by atoms with E-state index >= 15 is 0 Å². The van der Waals surface area contributed by atoms with Crippen molar-refractivity contribution in [2.75, 3.05) is 0 Å². The highest BCUT2D eigenvalue weighted by Gasteiger charge is 2.19. The predicted octanol–water partition coefficient (Wildman–Crippen LogP) is 6.20. The lowest BCUT2D eigenvalue weighted by atomic mass is 10.2. The monoisotopic (exact) mass is 568 g/mol. The molecule has 0 saturated heterocycles. The number of benzene rings is 1. The SMILES string of the molecule is CC(C)C(=O)OCc1c(Br)c(Br)c(Br)c(Br)c1Br. The molecule has 0 fully saturated rings. The first-order chi connectivity index (χ1) is 8.27. The molecule has 0 amide bonds. The van der Waals surface area contributed by atoms with Gasteiger partial charge in [-0.15, -0.1) is 0 Å². The van der Waals surface area contributed by atoms with E-state index in [0.29, 0.717) is 0 Å². The first kappa shape index (κ1) is 17.1. The second-order valence-corrected chi connectivity index (χ2v) is 7.78. The molecule has 0 aliphatic heterocycles. The van der Waals surface area contributed by atoms with Crippen LogP contribution in [0.15, 0.2) is 22.4 Å². The van der Waals surface area contributed by atoms with E-state index in [1.165, 1.54) is 0 Å². The largest absolute Gasteiger partial charge is 0.461 e. The van der Waals surface area contributed by atoms with E-state index in [9.17, 15) is 4.79 Å². The van der Waals surface area contributed by atoms with Crippen LogP contribution in [0.25, 0.3) is 0 Å². The Morgan fingerprint density at radius 2 is 1.33 bits per heavy atom. The first-order valence-electron chi connectivity index (χ1n) is 4.94. The normalized spacial score (nSPS) is 10.9. The molecular weight excluding hydrogens is 564 g/mol. The predicted molar refractivity (Wildman–Crippen MR) is 89.6 cm³/mol. The minimum atomic E-state index is -0.219. The van der Waals surface area contributed by atoms with Crippen molar-refractivity contribution in [3.63, 3.8) is 0 Å². The lowest BCUT2D eigenvalue weighted by molar-refractivity contribution is -0.148. The number of hydrogen-bond acceptors (Lipinski definition) is 2. The lowest BCUT2D eigenvalue weighted by Gasteiger charge is -2.14. The molecule has 0 saturated carbocycles. The van der Waals surface area contributed by atoms with Crippen molar-refractivity contribution in [3.05, 3.63) is 27.9 Å². The highest BCUT2D eigenvalue weighted by Crippen LogP contribution is 2.44. The van der Waals surface area contributed by atoms with Crippen molar-refractivity contribution in [1.82, 2.24) is 0 Å². The molecule has 0 N–H and O–H groups in total. The van der Waals surface area contributed by atoms with Crippen molar-refractivity contribution in [3.8, 4) is 0 Å². The Morgan fingerprint density at radius 3 is 1.72 bits per heavy atom. The van der Waals surface area contributed by atoms with Crippen molar-refractivity contribution >= 4 is 85.6 Å². The summed E-state index contributed by atoms with van der Waals surface area (Å²) in [7, 11) is 0. The Bertz CT molecular complexity index is 456. The topological polar surface area (TPSA) is 26.3 Å². The van der Waals surface area contributed by atoms with Gasteiger partial charge in [-0.3, -0.25) is 4.79 Å². The standard InChI is InChI=1S/C11H9Br5O2/c1-4(2)11(17)18-3-5-6(12)8(14)10(16)9(15)7(5)13/h4H,3H2,1-2H3. The van der Waals surface area contributed by atoms with Crippen LogP contribution in [-0.2, 0) is 16.1 Å². The molecule has 0 radical (unpaired) electrons. The van der Waals surface area contributed by atoms with Crippen LogP contribution in [0.2, 0.25) is 0 Å². The molecule has 7 heteroatoms. The molecule has 0 unspecified atom stereocenters. The summed E-state index contributed by atoms with van der Waals surface area (Å²) in [6, 6.07) is 0. The summed E-state index contributed by atoms with van der Waals surface area (Å²) in [5, 5.41) is 0. The summed E-state index contributed by atoms with van der Waals surface area (Å²) in [6.45, 7) is 3.82. The summed E-state index contributed by atoms with van der Waals surface area (Å²) in [6.07, 6.45) is 0. The molecule has 0 atom stereocenters. The summed E-state index contributed by atoms with van der Waals surface area (Å²) in [4.78, 5) is 11.5. The molecule has 18 heavy (non-hydrogen) atoms. The average molecular weight is 573 g/mol. The highest BCUT2D eigenvalue weighted by molar-refractivity contribution is 9.15. The fourth-order valence-electron chi connectivity index (χ4n) is 1.09. The maximum atomic E-state index is 11.5. The summed E-state index contributed by atoms with van der Waals surface area (Å²) < 4.78 is 9.57. The third-order valence-corrected chi connectivity index (χ3v) is 8.39. The molecule has 1 aromatic rings. The number of halogens is 5. The summed E-state index contributed by atoms with van der Waals surface area (Å²) in [5.41, 5.74) is 0.867. The molecule has 0 aliphatic rings. The zero-order chi connectivity index (χ0) is 14.0. The smallest absolute Gasteiger partial charge is 0.308 e. The van der Waals surface area contributed by atoms with Crippen LogP contribution >= 0.6 is 79.6 Å². The van der Waals surface area contributed by atoms with E-state index < -0.39 is 0 Å². The van der Waals surface area contributed by atoms with Crippen LogP contribution in [0.4, 0.5) is 0 Å². The number of hydrogen-bond donors (Lipinski definition) is 0. The van der Waals surface area contributed by atoms with Gasteiger partial charge in [-0.2, -0.15) is 0 Å². The Labute approximate surface area is 148 Å². The Kier molecular flexibility index (Phi) is 6.86. The summed E-state index contributed by atoms with van der Waals surface area (Å²) >= 11 is 17.4. The molecule has 0 aromatic heterocycles. The first-order valence-corrected chi connectivity index (χ1v) is 8.90. The molecule has 0 aliphatic carbocycles. The van der Waals surface area contributed by atoms with Gasteiger partial charge in [0.1, 0.15) is 6.61 Å². The number of ether oxygens (including phenoxy) is 1. The van der Waals surface area contributed by atoms with E-state index in [0.717, 1.165) is 27.9 Å². The molecule has 0 spiro atoms. The van der Waals surface area contributed by atoms with Gasteiger partial charge in [0.05, 0.1) is 5.92 Å². The van der Waals surface area contributed by atoms with Crippen LogP contribution in [0.1, 0.15) is 19.4 Å². The van der Waals surface area contributed by atoms with Crippen molar-refractivity contribution in [2.45, 2.75) is 20.5 Å². The van der Waals surface area contributed by atoms with Crippen LogP contribution < -0.4 is 0 Å². The van der Waals surface area contributed by atoms with Gasteiger partial charge < -0.3 is 4.74 Å². The summed E-state index contributed by atoms with van der Waals surface area (Å²) in [5.74, 6) is -0.353. The van der Waals surface area contributed by atoms with Crippen LogP contribution in [-0.4, -0.2) is 5.97 Å². The third kappa shape index (κ3) is 3.81. The molecule has 1 aromatic carbocycles. The maximum Gasteiger partial charge on any atom is 0.308 e. The fourth-order valence-corrected chi connectivity index (χ4v) is 4.44. The van der Waals surface area contributed by atoms with E-state index in [4.69, 9.17) is 4.74 Å². The Hall–Kier alpha value is 1.09. The quantitative estimate of drug-likeness (QED) is 0.245. The number of esters is 1. The lowest BCUT2D eigenvalue weighted by Crippen LogP contribution is -2.12. The Balaban J connectivity index is 3.07. The minimum Gasteiger partial charge on any atom is -0.461 e. The molecule has 0 bridgehead atoms. The number of rotatable bonds is 3. The van der Waals surface area contributed by atoms with Gasteiger partial charge in [0.15, 0.2) is 0 Å². The van der Waals surface area contributed by atoms with Gasteiger partial charge in [0.25, 0.3) is 0 Å². The molecule has 0 heterocycles. The van der Waals surface area contributed by atoms with Crippen molar-refractivity contribution < 1.29 is 9.53 Å². The van der Waals surface area contributed by atoms with Crippen LogP contribution in [0.5, 0.6) is 0 Å². The van der Waals surface area contributed by atoms with Gasteiger partial charge in [-0.1, -0.05) is 13.8 Å². The highest BCUT2D eigenvalue weighted by atomic mass is 79.9. The van der Waals surface area contributed by atoms with E-state index in [1.807, 2.05) is 0 Å². The second kappa shape index (κ2) is 7.20. The molecular formula is C11H9Br5O2. The average Bonchev–Trinajstić information content (AvgIpc) is 2.33. The van der Waals surface area contributed by atoms with Crippen LogP contribution in [0, 0.1) is 5.92 Å². The maximum absolute atomic E-state index is 11.5. The van der Waals surface area contributed by atoms with Crippen molar-refractivity contribution in [2.24, 2.45) is 5.92 Å². The van der Waals surface area contributed by atoms with E-state index in [2.05, 4.69) is 79.6 Å². The number of carbonyl (C=O) groups excluding carboxylic acids is 1. The van der Waals surface area contributed by atoms with Crippen molar-refractivity contribution in [1.29, 1.82) is 0 Å². The number of carbonyl (C=O) groups is 1. The van der Waals surface area contributed by atoms with E-state index in [1.54, 1.807) is 13.8 Å². The van der Waals surface area contributed by atoms with Gasteiger partial charge in [-0.05, 0) is 79.6 Å². The van der Waals surface area contributed by atoms with Crippen LogP contribution in [0.3, 0.4) is 0 Å². The zero-order valence-corrected chi connectivity index (χ0v) is 17.4. The van der Waals surface area contributed by atoms with Gasteiger partial charge >= 0.3 is 5.97 Å². The molecule has 100 valence electrons. The second-order valence-electron chi connectivity index (χ2n) is 3.81. The minimum absolute atomic E-state index is 0.134.